The fraction of sp³-hybridized carbons (Fsp3) is 0.208. The van der Waals surface area contributed by atoms with Crippen molar-refractivity contribution in [2.45, 2.75) is 25.3 Å². The largest absolute Gasteiger partial charge is 0.497 e. The molecule has 2 aromatic carbocycles. The van der Waals surface area contributed by atoms with E-state index in [1.807, 2.05) is 18.2 Å². The van der Waals surface area contributed by atoms with Crippen molar-refractivity contribution in [2.75, 3.05) is 7.11 Å². The van der Waals surface area contributed by atoms with Gasteiger partial charge in [-0.3, -0.25) is 13.9 Å². The van der Waals surface area contributed by atoms with Crippen LogP contribution in [0.2, 0.25) is 0 Å². The average Bonchev–Trinajstić information content (AvgIpc) is 3.43. The highest BCUT2D eigenvalue weighted by molar-refractivity contribution is 7.74. The number of hydrogen-bond acceptors (Lipinski definition) is 8. The van der Waals surface area contributed by atoms with Crippen LogP contribution in [-0.2, 0) is 17.9 Å². The highest BCUT2D eigenvalue weighted by Gasteiger charge is 2.29. The number of nitrogens with zero attached hydrogens (tertiary/aromatic N) is 3. The first-order valence-corrected chi connectivity index (χ1v) is 12.7. The Balaban J connectivity index is 1.65. The Morgan fingerprint density at radius 1 is 1.29 bits per heavy atom. The molecular formula is C24H19N3O6S2. The predicted octanol–water partition coefficient (Wildman–Crippen LogP) is 4.72. The number of rotatable bonds is 7. The minimum Gasteiger partial charge on any atom is -0.497 e. The molecule has 1 aliphatic carbocycles. The van der Waals surface area contributed by atoms with E-state index in [0.29, 0.717) is 37.8 Å². The second kappa shape index (κ2) is 8.59. The number of methoxy groups -OCH3 is 1. The Morgan fingerprint density at radius 2 is 2.14 bits per heavy atom. The van der Waals surface area contributed by atoms with Gasteiger partial charge in [0.25, 0.3) is 5.56 Å². The maximum Gasteiger partial charge on any atom is 0.357 e. The normalized spacial score (nSPS) is 14.5. The molecule has 1 atom stereocenters. The van der Waals surface area contributed by atoms with Crippen LogP contribution >= 0.6 is 11.3 Å². The standard InChI is InChI=1S/C24H19N3O6S2/c1-31-14-7-8-16(18(9-14)13-5-6-13)22-26-23-20(24(28)27(22)11-15-10-25-12-32-15)17-3-2-4-19(21(17)34-23)33-35(29)30/h2-4,7-10,12-13H,5-6,11H2,1H3,(H,29,30). The molecule has 1 aliphatic rings. The van der Waals surface area contributed by atoms with Crippen LogP contribution in [0.1, 0.15) is 30.1 Å². The van der Waals surface area contributed by atoms with E-state index in [0.717, 1.165) is 29.7 Å². The summed E-state index contributed by atoms with van der Waals surface area (Å²) in [5.74, 6) is 2.39. The highest BCUT2D eigenvalue weighted by Crippen LogP contribution is 2.46. The first-order valence-electron chi connectivity index (χ1n) is 10.8. The summed E-state index contributed by atoms with van der Waals surface area (Å²) in [5.41, 5.74) is 1.70. The third-order valence-electron chi connectivity index (χ3n) is 6.06. The fourth-order valence-electron chi connectivity index (χ4n) is 4.33. The zero-order valence-corrected chi connectivity index (χ0v) is 20.1. The second-order valence-corrected chi connectivity index (χ2v) is 9.84. The lowest BCUT2D eigenvalue weighted by molar-refractivity contribution is 0.414. The lowest BCUT2D eigenvalue weighted by Gasteiger charge is -2.15. The van der Waals surface area contributed by atoms with Gasteiger partial charge < -0.3 is 13.3 Å². The Bertz CT molecular complexity index is 1650. The molecule has 1 N–H and O–H groups in total. The van der Waals surface area contributed by atoms with E-state index in [4.69, 9.17) is 18.3 Å². The SMILES string of the molecule is COc1ccc(-c2nc3sc4c(OS(=O)O)cccc4c3c(=O)n2Cc2cnco2)c(C2CC2)c1. The van der Waals surface area contributed by atoms with E-state index in [9.17, 15) is 13.6 Å². The van der Waals surface area contributed by atoms with Crippen LogP contribution in [0.4, 0.5) is 0 Å². The van der Waals surface area contributed by atoms with Crippen molar-refractivity contribution in [1.82, 2.24) is 14.5 Å². The zero-order chi connectivity index (χ0) is 24.1. The molecular weight excluding hydrogens is 490 g/mol. The number of fused-ring (bicyclic) bond motifs is 3. The van der Waals surface area contributed by atoms with Gasteiger partial charge in [-0.25, -0.2) is 9.97 Å². The topological polar surface area (TPSA) is 117 Å². The summed E-state index contributed by atoms with van der Waals surface area (Å²) in [4.78, 5) is 23.4. The summed E-state index contributed by atoms with van der Waals surface area (Å²) in [6.45, 7) is 0.154. The lowest BCUT2D eigenvalue weighted by Crippen LogP contribution is -2.24. The van der Waals surface area contributed by atoms with E-state index >= 15 is 0 Å². The molecule has 178 valence electrons. The molecule has 0 aliphatic heterocycles. The Morgan fingerprint density at radius 3 is 2.86 bits per heavy atom. The molecule has 5 aromatic rings. The van der Waals surface area contributed by atoms with E-state index < -0.39 is 11.4 Å². The molecule has 0 spiro atoms. The number of aromatic nitrogens is 3. The highest BCUT2D eigenvalue weighted by atomic mass is 32.2. The Hall–Kier alpha value is -3.54. The molecule has 1 fully saturated rings. The van der Waals surface area contributed by atoms with Crippen molar-refractivity contribution >= 4 is 43.0 Å². The van der Waals surface area contributed by atoms with Crippen LogP contribution in [0.15, 0.2) is 58.2 Å². The van der Waals surface area contributed by atoms with Crippen molar-refractivity contribution in [3.8, 4) is 22.9 Å². The van der Waals surface area contributed by atoms with Gasteiger partial charge in [0, 0.05) is 10.9 Å². The van der Waals surface area contributed by atoms with Crippen LogP contribution in [0.5, 0.6) is 11.5 Å². The molecule has 1 unspecified atom stereocenters. The summed E-state index contributed by atoms with van der Waals surface area (Å²) in [7, 11) is 1.63. The Kier molecular flexibility index (Phi) is 5.39. The van der Waals surface area contributed by atoms with Crippen LogP contribution in [0, 0.1) is 0 Å². The molecule has 35 heavy (non-hydrogen) atoms. The van der Waals surface area contributed by atoms with Gasteiger partial charge in [0.05, 0.1) is 29.9 Å². The van der Waals surface area contributed by atoms with Gasteiger partial charge in [0.2, 0.25) is 0 Å². The molecule has 6 rings (SSSR count). The molecule has 9 nitrogen and oxygen atoms in total. The van der Waals surface area contributed by atoms with Gasteiger partial charge in [-0.15, -0.1) is 11.3 Å². The van der Waals surface area contributed by atoms with Gasteiger partial charge in [-0.1, -0.05) is 12.1 Å². The number of hydrogen-bond donors (Lipinski definition) is 1. The molecule has 3 aromatic heterocycles. The molecule has 3 heterocycles. The monoisotopic (exact) mass is 509 g/mol. The minimum absolute atomic E-state index is 0.154. The van der Waals surface area contributed by atoms with Crippen molar-refractivity contribution in [3.63, 3.8) is 0 Å². The summed E-state index contributed by atoms with van der Waals surface area (Å²) < 4.78 is 38.7. The smallest absolute Gasteiger partial charge is 0.357 e. The quantitative estimate of drug-likeness (QED) is 0.313. The Labute approximate surface area is 205 Å². The first-order chi connectivity index (χ1) is 17.0. The summed E-state index contributed by atoms with van der Waals surface area (Å²) in [6.07, 6.45) is 5.03. The number of thiophene rings is 1. The van der Waals surface area contributed by atoms with Crippen LogP contribution in [0.25, 0.3) is 31.7 Å². The fourth-order valence-corrected chi connectivity index (χ4v) is 5.79. The molecule has 1 saturated carbocycles. The molecule has 11 heteroatoms. The van der Waals surface area contributed by atoms with E-state index in [1.165, 1.54) is 17.7 Å². The summed E-state index contributed by atoms with van der Waals surface area (Å²) >= 11 is -1.24. The van der Waals surface area contributed by atoms with E-state index in [-0.39, 0.29) is 17.9 Å². The molecule has 0 bridgehead atoms. The first kappa shape index (κ1) is 22.0. The van der Waals surface area contributed by atoms with E-state index in [2.05, 4.69) is 4.98 Å². The van der Waals surface area contributed by atoms with Crippen LogP contribution in [-0.4, -0.2) is 30.4 Å². The number of oxazole rings is 1. The summed E-state index contributed by atoms with van der Waals surface area (Å²) in [6, 6.07) is 10.9. The molecule has 0 saturated heterocycles. The number of benzene rings is 2. The third kappa shape index (κ3) is 3.91. The predicted molar refractivity (Wildman–Crippen MR) is 132 cm³/mol. The molecule has 0 amide bonds. The maximum atomic E-state index is 14.0. The van der Waals surface area contributed by atoms with Crippen molar-refractivity contribution in [2.24, 2.45) is 0 Å². The lowest BCUT2D eigenvalue weighted by atomic mass is 10.0. The van der Waals surface area contributed by atoms with Gasteiger partial charge >= 0.3 is 11.4 Å². The zero-order valence-electron chi connectivity index (χ0n) is 18.5. The minimum atomic E-state index is -2.49. The number of ether oxygens (including phenoxy) is 1. The van der Waals surface area contributed by atoms with Gasteiger partial charge in [-0.2, -0.15) is 4.21 Å². The third-order valence-corrected chi connectivity index (χ3v) is 7.49. The van der Waals surface area contributed by atoms with Gasteiger partial charge in [0.1, 0.15) is 22.2 Å². The molecule has 0 radical (unpaired) electrons. The van der Waals surface area contributed by atoms with Crippen LogP contribution < -0.4 is 14.5 Å². The average molecular weight is 510 g/mol. The van der Waals surface area contributed by atoms with E-state index in [1.54, 1.807) is 36.1 Å². The maximum absolute atomic E-state index is 14.0. The van der Waals surface area contributed by atoms with Gasteiger partial charge in [-0.05, 0) is 48.6 Å². The van der Waals surface area contributed by atoms with Gasteiger partial charge in [0.15, 0.2) is 12.1 Å². The second-order valence-electron chi connectivity index (χ2n) is 8.24. The van der Waals surface area contributed by atoms with Crippen LogP contribution in [0.3, 0.4) is 0 Å². The van der Waals surface area contributed by atoms with Crippen molar-refractivity contribution < 1.29 is 22.1 Å². The van der Waals surface area contributed by atoms with Crippen molar-refractivity contribution in [1.29, 1.82) is 0 Å². The summed E-state index contributed by atoms with van der Waals surface area (Å²) in [5, 5.41) is 1.03. The van der Waals surface area contributed by atoms with Crippen molar-refractivity contribution in [3.05, 3.63) is 70.7 Å².